The van der Waals surface area contributed by atoms with E-state index in [0.717, 1.165) is 23.1 Å². The molecule has 0 saturated carbocycles. The maximum absolute atomic E-state index is 11.3. The van der Waals surface area contributed by atoms with Crippen LogP contribution in [0.4, 0.5) is 0 Å². The summed E-state index contributed by atoms with van der Waals surface area (Å²) < 4.78 is 0.241. The van der Waals surface area contributed by atoms with Crippen LogP contribution in [0.25, 0.3) is 5.57 Å². The molecule has 2 aromatic rings. The van der Waals surface area contributed by atoms with Gasteiger partial charge in [-0.1, -0.05) is 52.0 Å². The Morgan fingerprint density at radius 3 is 2.30 bits per heavy atom. The molecule has 2 nitrogen and oxygen atoms in total. The van der Waals surface area contributed by atoms with Crippen molar-refractivity contribution in [1.29, 1.82) is 0 Å². The fraction of sp³-hybridized carbons (Fsp3) is 0.375. The quantitative estimate of drug-likeness (QED) is 0.644. The Labute approximate surface area is 166 Å². The molecule has 0 aliphatic carbocycles. The summed E-state index contributed by atoms with van der Waals surface area (Å²) in [4.78, 5) is 12.7. The number of aryl methyl sites for hydroxylation is 1. The van der Waals surface area contributed by atoms with E-state index in [1.807, 2.05) is 37.7 Å². The number of rotatable bonds is 3. The van der Waals surface area contributed by atoms with Crippen LogP contribution in [0.2, 0.25) is 0 Å². The van der Waals surface area contributed by atoms with Crippen molar-refractivity contribution in [2.45, 2.75) is 63.0 Å². The zero-order valence-electron chi connectivity index (χ0n) is 17.0. The molecule has 3 heteroatoms. The molecule has 3 rings (SSSR count). The Bertz CT molecular complexity index is 935. The fourth-order valence-corrected chi connectivity index (χ4v) is 5.99. The van der Waals surface area contributed by atoms with Crippen LogP contribution in [0.5, 0.6) is 0 Å². The molecule has 2 aromatic carbocycles. The van der Waals surface area contributed by atoms with Gasteiger partial charge in [0.25, 0.3) is 0 Å². The van der Waals surface area contributed by atoms with E-state index in [-0.39, 0.29) is 10.2 Å². The van der Waals surface area contributed by atoms with Crippen molar-refractivity contribution in [2.24, 2.45) is 0 Å². The van der Waals surface area contributed by atoms with E-state index >= 15 is 0 Å². The molecular weight excluding hydrogens is 352 g/mol. The van der Waals surface area contributed by atoms with Gasteiger partial charge in [-0.3, -0.25) is 0 Å². The third kappa shape index (κ3) is 3.84. The average Bonchev–Trinajstić information content (AvgIpc) is 2.54. The van der Waals surface area contributed by atoms with E-state index in [2.05, 4.69) is 52.0 Å². The van der Waals surface area contributed by atoms with Crippen LogP contribution in [0, 0.1) is 6.92 Å². The highest BCUT2D eigenvalue weighted by molar-refractivity contribution is 8.00. The number of carboxylic acid groups (broad SMARTS) is 1. The van der Waals surface area contributed by atoms with E-state index in [1.165, 1.54) is 16.0 Å². The molecule has 0 fully saturated rings. The molecule has 0 spiro atoms. The SMILES string of the molecule is CC=C(c1ccc(C(=O)O)c(C)c1)c1ccc2c(c1)C(C)(C)CC(C)(C)S2. The maximum Gasteiger partial charge on any atom is 0.335 e. The highest BCUT2D eigenvalue weighted by Gasteiger charge is 2.38. The number of thioether (sulfide) groups is 1. The number of fused-ring (bicyclic) bond motifs is 1. The summed E-state index contributed by atoms with van der Waals surface area (Å²) in [6, 6.07) is 12.4. The number of benzene rings is 2. The van der Waals surface area contributed by atoms with Crippen LogP contribution in [0.1, 0.15) is 73.7 Å². The predicted molar refractivity (Wildman–Crippen MR) is 115 cm³/mol. The highest BCUT2D eigenvalue weighted by Crippen LogP contribution is 2.51. The number of hydrogen-bond donors (Lipinski definition) is 1. The van der Waals surface area contributed by atoms with Crippen LogP contribution >= 0.6 is 11.8 Å². The van der Waals surface area contributed by atoms with Crippen molar-refractivity contribution >= 4 is 23.3 Å². The molecule has 0 radical (unpaired) electrons. The molecule has 0 saturated heterocycles. The lowest BCUT2D eigenvalue weighted by atomic mass is 9.76. The highest BCUT2D eigenvalue weighted by atomic mass is 32.2. The third-order valence-corrected chi connectivity index (χ3v) is 6.60. The van der Waals surface area contributed by atoms with Crippen molar-refractivity contribution in [3.63, 3.8) is 0 Å². The fourth-order valence-electron chi connectivity index (χ4n) is 4.38. The van der Waals surface area contributed by atoms with Gasteiger partial charge in [-0.05, 0) is 71.7 Å². The van der Waals surface area contributed by atoms with Gasteiger partial charge in [-0.2, -0.15) is 0 Å². The van der Waals surface area contributed by atoms with Gasteiger partial charge in [0.15, 0.2) is 0 Å². The number of hydrogen-bond acceptors (Lipinski definition) is 2. The number of allylic oxidation sites excluding steroid dienone is 1. The van der Waals surface area contributed by atoms with Crippen LogP contribution < -0.4 is 0 Å². The van der Waals surface area contributed by atoms with E-state index in [0.29, 0.717) is 5.56 Å². The van der Waals surface area contributed by atoms with Crippen molar-refractivity contribution in [2.75, 3.05) is 0 Å². The first-order valence-electron chi connectivity index (χ1n) is 9.39. The topological polar surface area (TPSA) is 37.3 Å². The van der Waals surface area contributed by atoms with Gasteiger partial charge in [0.05, 0.1) is 5.56 Å². The molecule has 0 amide bonds. The first-order valence-corrected chi connectivity index (χ1v) is 10.2. The lowest BCUT2D eigenvalue weighted by Crippen LogP contribution is -2.33. The van der Waals surface area contributed by atoms with Gasteiger partial charge in [0.2, 0.25) is 0 Å². The Balaban J connectivity index is 2.06. The molecule has 0 aromatic heterocycles. The van der Waals surface area contributed by atoms with Crippen molar-refractivity contribution in [1.82, 2.24) is 0 Å². The van der Waals surface area contributed by atoms with E-state index < -0.39 is 5.97 Å². The second-order valence-electron chi connectivity index (χ2n) is 8.67. The van der Waals surface area contributed by atoms with Gasteiger partial charge >= 0.3 is 5.97 Å². The van der Waals surface area contributed by atoms with Crippen LogP contribution in [0.3, 0.4) is 0 Å². The zero-order valence-corrected chi connectivity index (χ0v) is 17.8. The number of carboxylic acids is 1. The van der Waals surface area contributed by atoms with Crippen molar-refractivity contribution in [3.8, 4) is 0 Å². The second kappa shape index (κ2) is 6.87. The summed E-state index contributed by atoms with van der Waals surface area (Å²) in [5.41, 5.74) is 6.07. The molecule has 0 bridgehead atoms. The lowest BCUT2D eigenvalue weighted by Gasteiger charge is -2.42. The molecule has 142 valence electrons. The maximum atomic E-state index is 11.3. The smallest absolute Gasteiger partial charge is 0.335 e. The Kier molecular flexibility index (Phi) is 5.02. The largest absolute Gasteiger partial charge is 0.478 e. The van der Waals surface area contributed by atoms with E-state index in [4.69, 9.17) is 0 Å². The second-order valence-corrected chi connectivity index (χ2v) is 10.4. The molecule has 1 aliphatic heterocycles. The normalized spacial score (nSPS) is 18.1. The molecule has 0 atom stereocenters. The summed E-state index contributed by atoms with van der Waals surface area (Å²) in [6.45, 7) is 13.2. The predicted octanol–water partition coefficient (Wildman–Crippen LogP) is 6.70. The molecule has 1 aliphatic rings. The van der Waals surface area contributed by atoms with Crippen LogP contribution in [-0.2, 0) is 5.41 Å². The summed E-state index contributed by atoms with van der Waals surface area (Å²) in [7, 11) is 0. The Morgan fingerprint density at radius 2 is 1.70 bits per heavy atom. The summed E-state index contributed by atoms with van der Waals surface area (Å²) >= 11 is 1.96. The standard InChI is InChI=1S/C24H28O2S/c1-7-18(16-8-10-19(22(25)26)15(2)12-16)17-9-11-21-20(13-17)23(3,4)14-24(5,6)27-21/h7-13H,14H2,1-6H3,(H,25,26). The minimum atomic E-state index is -0.878. The van der Waals surface area contributed by atoms with Crippen LogP contribution in [0.15, 0.2) is 47.4 Å². The molecular formula is C24H28O2S. The molecule has 1 N–H and O–H groups in total. The average molecular weight is 381 g/mol. The first kappa shape index (κ1) is 19.8. The Morgan fingerprint density at radius 1 is 1.07 bits per heavy atom. The Hall–Kier alpha value is -2.00. The minimum Gasteiger partial charge on any atom is -0.478 e. The minimum absolute atomic E-state index is 0.127. The number of carbonyl (C=O) groups is 1. The molecule has 0 unspecified atom stereocenters. The van der Waals surface area contributed by atoms with Gasteiger partial charge in [0, 0.05) is 9.64 Å². The lowest BCUT2D eigenvalue weighted by molar-refractivity contribution is 0.0696. The monoisotopic (exact) mass is 380 g/mol. The van der Waals surface area contributed by atoms with Gasteiger partial charge in [-0.25, -0.2) is 4.79 Å². The van der Waals surface area contributed by atoms with E-state index in [9.17, 15) is 9.90 Å². The van der Waals surface area contributed by atoms with Crippen molar-refractivity contribution < 1.29 is 9.90 Å². The number of aromatic carboxylic acids is 1. The molecule has 1 heterocycles. The van der Waals surface area contributed by atoms with E-state index in [1.54, 1.807) is 6.07 Å². The third-order valence-electron chi connectivity index (χ3n) is 5.33. The molecule has 27 heavy (non-hydrogen) atoms. The first-order chi connectivity index (χ1) is 12.5. The van der Waals surface area contributed by atoms with Gasteiger partial charge < -0.3 is 5.11 Å². The summed E-state index contributed by atoms with van der Waals surface area (Å²) in [5.74, 6) is -0.878. The summed E-state index contributed by atoms with van der Waals surface area (Å²) in [6.07, 6.45) is 3.25. The van der Waals surface area contributed by atoms with Crippen molar-refractivity contribution in [3.05, 3.63) is 70.3 Å². The van der Waals surface area contributed by atoms with Gasteiger partial charge in [0.1, 0.15) is 0 Å². The summed E-state index contributed by atoms with van der Waals surface area (Å²) in [5, 5.41) is 9.28. The van der Waals surface area contributed by atoms with Crippen LogP contribution in [-0.4, -0.2) is 15.8 Å². The van der Waals surface area contributed by atoms with Gasteiger partial charge in [-0.15, -0.1) is 11.8 Å². The zero-order chi connectivity index (χ0) is 20.0.